The molecule has 0 unspecified atom stereocenters. The van der Waals surface area contributed by atoms with Crippen LogP contribution in [0.3, 0.4) is 0 Å². The van der Waals surface area contributed by atoms with Gasteiger partial charge in [-0.05, 0) is 6.07 Å². The molecule has 6 nitrogen and oxygen atoms in total. The Morgan fingerprint density at radius 3 is 3.06 bits per heavy atom. The molecule has 0 aliphatic carbocycles. The molecule has 2 aromatic heterocycles. The number of nitrogen functional groups attached to an aromatic ring is 1. The van der Waals surface area contributed by atoms with E-state index in [0.29, 0.717) is 23.3 Å². The van der Waals surface area contributed by atoms with Crippen molar-refractivity contribution >= 4 is 23.4 Å². The van der Waals surface area contributed by atoms with Crippen LogP contribution in [0.1, 0.15) is 5.56 Å². The Morgan fingerprint density at radius 2 is 2.38 bits per heavy atom. The predicted octanol–water partition coefficient (Wildman–Crippen LogP) is 1.62. The smallest absolute Gasteiger partial charge is 0.239 e. The summed E-state index contributed by atoms with van der Waals surface area (Å²) in [7, 11) is 0. The summed E-state index contributed by atoms with van der Waals surface area (Å²) in [6.45, 7) is 0.567. The Hall–Kier alpha value is -1.79. The van der Waals surface area contributed by atoms with Gasteiger partial charge in [-0.3, -0.25) is 5.43 Å². The zero-order valence-electron chi connectivity index (χ0n) is 8.27. The van der Waals surface area contributed by atoms with Crippen molar-refractivity contribution in [1.82, 2.24) is 9.97 Å². The van der Waals surface area contributed by atoms with Gasteiger partial charge in [-0.1, -0.05) is 11.6 Å². The van der Waals surface area contributed by atoms with Crippen molar-refractivity contribution in [3.05, 3.63) is 35.4 Å². The SMILES string of the molecule is NNc1ncc(Cl)c(NCc2ccoc2)n1. The van der Waals surface area contributed by atoms with Gasteiger partial charge in [0.2, 0.25) is 5.95 Å². The van der Waals surface area contributed by atoms with Crippen molar-refractivity contribution in [2.24, 2.45) is 5.84 Å². The minimum atomic E-state index is 0.305. The Bertz CT molecular complexity index is 459. The van der Waals surface area contributed by atoms with Crippen molar-refractivity contribution in [2.75, 3.05) is 10.7 Å². The molecule has 0 fully saturated rings. The van der Waals surface area contributed by atoms with Crippen molar-refractivity contribution < 1.29 is 4.42 Å². The first kappa shape index (κ1) is 10.7. The van der Waals surface area contributed by atoms with Crippen LogP contribution >= 0.6 is 11.6 Å². The van der Waals surface area contributed by atoms with E-state index in [1.54, 1.807) is 12.5 Å². The summed E-state index contributed by atoms with van der Waals surface area (Å²) in [5.41, 5.74) is 3.35. The molecule has 84 valence electrons. The van der Waals surface area contributed by atoms with Gasteiger partial charge in [0.25, 0.3) is 0 Å². The molecule has 0 saturated heterocycles. The van der Waals surface area contributed by atoms with Crippen LogP contribution in [0.2, 0.25) is 5.02 Å². The van der Waals surface area contributed by atoms with E-state index in [0.717, 1.165) is 5.56 Å². The summed E-state index contributed by atoms with van der Waals surface area (Å²) in [6.07, 6.45) is 4.72. The molecule has 0 aliphatic rings. The lowest BCUT2D eigenvalue weighted by atomic mass is 10.3. The van der Waals surface area contributed by atoms with E-state index in [9.17, 15) is 0 Å². The van der Waals surface area contributed by atoms with E-state index in [1.165, 1.54) is 6.20 Å². The van der Waals surface area contributed by atoms with Gasteiger partial charge in [-0.2, -0.15) is 4.98 Å². The topological polar surface area (TPSA) is 89.0 Å². The van der Waals surface area contributed by atoms with Crippen LogP contribution in [0.4, 0.5) is 11.8 Å². The number of hydrazine groups is 1. The number of rotatable bonds is 4. The molecule has 2 heterocycles. The van der Waals surface area contributed by atoms with Crippen molar-refractivity contribution in [2.45, 2.75) is 6.54 Å². The van der Waals surface area contributed by atoms with Crippen LogP contribution in [0.25, 0.3) is 0 Å². The zero-order valence-corrected chi connectivity index (χ0v) is 9.03. The first-order valence-corrected chi connectivity index (χ1v) is 4.91. The standard InChI is InChI=1S/C9H10ClN5O/c10-7-4-13-9(15-11)14-8(7)12-3-6-1-2-16-5-6/h1-2,4-5H,3,11H2,(H2,12,13,14,15). The first-order valence-electron chi connectivity index (χ1n) is 4.53. The van der Waals surface area contributed by atoms with E-state index in [-0.39, 0.29) is 0 Å². The van der Waals surface area contributed by atoms with E-state index < -0.39 is 0 Å². The number of aromatic nitrogens is 2. The molecule has 2 aromatic rings. The fourth-order valence-electron chi connectivity index (χ4n) is 1.14. The number of hydrogen-bond acceptors (Lipinski definition) is 6. The Balaban J connectivity index is 2.08. The molecule has 0 bridgehead atoms. The quantitative estimate of drug-likeness (QED) is 0.555. The van der Waals surface area contributed by atoms with Gasteiger partial charge < -0.3 is 9.73 Å². The molecular formula is C9H10ClN5O. The molecule has 0 aromatic carbocycles. The Kier molecular flexibility index (Phi) is 3.23. The third kappa shape index (κ3) is 2.41. The zero-order chi connectivity index (χ0) is 11.4. The molecule has 0 spiro atoms. The fourth-order valence-corrected chi connectivity index (χ4v) is 1.30. The van der Waals surface area contributed by atoms with Crippen LogP contribution < -0.4 is 16.6 Å². The van der Waals surface area contributed by atoms with Gasteiger partial charge in [0.05, 0.1) is 18.7 Å². The third-order valence-corrected chi connectivity index (χ3v) is 2.19. The third-order valence-electron chi connectivity index (χ3n) is 1.91. The van der Waals surface area contributed by atoms with Gasteiger partial charge in [0, 0.05) is 12.1 Å². The second-order valence-electron chi connectivity index (χ2n) is 3.02. The minimum absolute atomic E-state index is 0.305. The van der Waals surface area contributed by atoms with Crippen LogP contribution in [0.5, 0.6) is 0 Å². The number of furan rings is 1. The second-order valence-corrected chi connectivity index (χ2v) is 3.43. The highest BCUT2D eigenvalue weighted by Gasteiger charge is 2.04. The molecular weight excluding hydrogens is 230 g/mol. The van der Waals surface area contributed by atoms with Gasteiger partial charge in [0.1, 0.15) is 5.02 Å². The Labute approximate surface area is 96.8 Å². The summed E-state index contributed by atoms with van der Waals surface area (Å²) in [6, 6.07) is 1.85. The molecule has 2 rings (SSSR count). The molecule has 16 heavy (non-hydrogen) atoms. The normalized spacial score (nSPS) is 10.1. The highest BCUT2D eigenvalue weighted by molar-refractivity contribution is 6.32. The lowest BCUT2D eigenvalue weighted by Crippen LogP contribution is -2.12. The summed E-state index contributed by atoms with van der Waals surface area (Å²) in [5.74, 6) is 6.02. The van der Waals surface area contributed by atoms with Crippen molar-refractivity contribution in [3.8, 4) is 0 Å². The monoisotopic (exact) mass is 239 g/mol. The molecule has 0 radical (unpaired) electrons. The van der Waals surface area contributed by atoms with Gasteiger partial charge in [-0.15, -0.1) is 0 Å². The largest absolute Gasteiger partial charge is 0.472 e. The second kappa shape index (κ2) is 4.82. The summed E-state index contributed by atoms with van der Waals surface area (Å²) >= 11 is 5.91. The molecule has 0 saturated carbocycles. The van der Waals surface area contributed by atoms with Gasteiger partial charge in [-0.25, -0.2) is 10.8 Å². The predicted molar refractivity (Wildman–Crippen MR) is 60.9 cm³/mol. The maximum absolute atomic E-state index is 5.91. The summed E-state index contributed by atoms with van der Waals surface area (Å²) < 4.78 is 4.94. The maximum atomic E-state index is 5.91. The lowest BCUT2D eigenvalue weighted by Gasteiger charge is -2.07. The van der Waals surface area contributed by atoms with E-state index in [4.69, 9.17) is 21.9 Å². The van der Waals surface area contributed by atoms with E-state index in [1.807, 2.05) is 6.07 Å². The molecule has 0 amide bonds. The minimum Gasteiger partial charge on any atom is -0.472 e. The van der Waals surface area contributed by atoms with Crippen LogP contribution in [0.15, 0.2) is 29.2 Å². The molecule has 0 aliphatic heterocycles. The highest BCUT2D eigenvalue weighted by Crippen LogP contribution is 2.19. The number of hydrogen-bond donors (Lipinski definition) is 3. The van der Waals surface area contributed by atoms with E-state index >= 15 is 0 Å². The number of nitrogens with zero attached hydrogens (tertiary/aromatic N) is 2. The number of nitrogens with two attached hydrogens (primary N) is 1. The molecule has 7 heteroatoms. The fraction of sp³-hybridized carbons (Fsp3) is 0.111. The maximum Gasteiger partial charge on any atom is 0.239 e. The van der Waals surface area contributed by atoms with Crippen molar-refractivity contribution in [3.63, 3.8) is 0 Å². The van der Waals surface area contributed by atoms with E-state index in [2.05, 4.69) is 20.7 Å². The average molecular weight is 240 g/mol. The van der Waals surface area contributed by atoms with Crippen LogP contribution in [-0.2, 0) is 6.54 Å². The summed E-state index contributed by atoms with van der Waals surface area (Å²) in [4.78, 5) is 7.93. The van der Waals surface area contributed by atoms with Crippen LogP contribution in [-0.4, -0.2) is 9.97 Å². The Morgan fingerprint density at radius 1 is 1.50 bits per heavy atom. The van der Waals surface area contributed by atoms with Crippen LogP contribution in [0, 0.1) is 0 Å². The van der Waals surface area contributed by atoms with Gasteiger partial charge in [0.15, 0.2) is 5.82 Å². The number of anilines is 2. The lowest BCUT2D eigenvalue weighted by molar-refractivity contribution is 0.564. The number of nitrogens with one attached hydrogen (secondary N) is 2. The molecule has 0 atom stereocenters. The first-order chi connectivity index (χ1) is 7.79. The molecule has 4 N–H and O–H groups in total. The number of halogens is 1. The van der Waals surface area contributed by atoms with Gasteiger partial charge >= 0.3 is 0 Å². The average Bonchev–Trinajstić information content (AvgIpc) is 2.81. The van der Waals surface area contributed by atoms with Crippen molar-refractivity contribution in [1.29, 1.82) is 0 Å². The highest BCUT2D eigenvalue weighted by atomic mass is 35.5. The summed E-state index contributed by atoms with van der Waals surface area (Å²) in [5, 5.41) is 3.48.